The number of carbonyl (C=O) groups is 2. The van der Waals surface area contributed by atoms with E-state index in [2.05, 4.69) is 0 Å². The Morgan fingerprint density at radius 2 is 1.90 bits per heavy atom. The number of carboxylic acid groups (broad SMARTS) is 1. The van der Waals surface area contributed by atoms with Crippen molar-refractivity contribution < 1.29 is 19.4 Å². The Bertz CT molecular complexity index is 441. The summed E-state index contributed by atoms with van der Waals surface area (Å²) in [6.07, 6.45) is 2.42. The molecule has 110 valence electrons. The van der Waals surface area contributed by atoms with Crippen LogP contribution in [0.5, 0.6) is 0 Å². The smallest absolute Gasteiger partial charge is 0.323 e. The molecule has 0 heterocycles. The monoisotopic (exact) mass is 278 g/mol. The first-order chi connectivity index (χ1) is 9.50. The number of carboxylic acids is 1. The lowest BCUT2D eigenvalue weighted by Crippen LogP contribution is -2.38. The largest absolute Gasteiger partial charge is 0.480 e. The van der Waals surface area contributed by atoms with E-state index in [1.807, 2.05) is 37.3 Å². The van der Waals surface area contributed by atoms with Crippen molar-refractivity contribution in [1.82, 2.24) is 0 Å². The predicted octanol–water partition coefficient (Wildman–Crippen LogP) is 3.05. The minimum atomic E-state index is -1.43. The van der Waals surface area contributed by atoms with Crippen molar-refractivity contribution in [3.05, 3.63) is 35.9 Å². The minimum absolute atomic E-state index is 0.250. The Morgan fingerprint density at radius 3 is 2.45 bits per heavy atom. The first-order valence-electron chi connectivity index (χ1n) is 6.95. The third kappa shape index (κ3) is 4.37. The maximum Gasteiger partial charge on any atom is 0.323 e. The Labute approximate surface area is 119 Å². The van der Waals surface area contributed by atoms with E-state index in [9.17, 15) is 9.59 Å². The number of esters is 1. The van der Waals surface area contributed by atoms with Crippen LogP contribution in [0, 0.1) is 5.41 Å². The summed E-state index contributed by atoms with van der Waals surface area (Å²) in [7, 11) is 0. The summed E-state index contributed by atoms with van der Waals surface area (Å²) >= 11 is 0. The third-order valence-electron chi connectivity index (χ3n) is 3.36. The first kappa shape index (κ1) is 16.2. The molecule has 20 heavy (non-hydrogen) atoms. The molecule has 0 spiro atoms. The third-order valence-corrected chi connectivity index (χ3v) is 3.36. The second-order valence-corrected chi connectivity index (χ2v) is 5.11. The van der Waals surface area contributed by atoms with Gasteiger partial charge in [-0.15, -0.1) is 0 Å². The van der Waals surface area contributed by atoms with Crippen molar-refractivity contribution in [2.75, 3.05) is 6.61 Å². The number of aryl methyl sites for hydroxylation is 1. The Balaban J connectivity index is 2.40. The molecule has 0 bridgehead atoms. The van der Waals surface area contributed by atoms with Crippen LogP contribution in [-0.4, -0.2) is 23.7 Å². The SMILES string of the molecule is CCCC(C)(C(=O)O)C(=O)OCCCc1ccccc1. The van der Waals surface area contributed by atoms with Gasteiger partial charge < -0.3 is 9.84 Å². The van der Waals surface area contributed by atoms with Gasteiger partial charge in [-0.05, 0) is 31.7 Å². The summed E-state index contributed by atoms with van der Waals surface area (Å²) in [5, 5.41) is 9.17. The summed E-state index contributed by atoms with van der Waals surface area (Å²) in [5.41, 5.74) is -0.250. The van der Waals surface area contributed by atoms with Gasteiger partial charge in [0.1, 0.15) is 0 Å². The van der Waals surface area contributed by atoms with Gasteiger partial charge in [0, 0.05) is 0 Å². The standard InChI is InChI=1S/C16H22O4/c1-3-11-16(2,14(17)18)15(19)20-12-7-10-13-8-5-4-6-9-13/h4-6,8-9H,3,7,10-12H2,1-2H3,(H,17,18). The van der Waals surface area contributed by atoms with Crippen molar-refractivity contribution >= 4 is 11.9 Å². The van der Waals surface area contributed by atoms with Crippen LogP contribution in [-0.2, 0) is 20.7 Å². The van der Waals surface area contributed by atoms with Crippen LogP contribution in [0.4, 0.5) is 0 Å². The number of aliphatic carboxylic acids is 1. The lowest BCUT2D eigenvalue weighted by atomic mass is 9.86. The van der Waals surface area contributed by atoms with E-state index in [1.165, 1.54) is 12.5 Å². The molecule has 1 aromatic carbocycles. The quantitative estimate of drug-likeness (QED) is 0.451. The van der Waals surface area contributed by atoms with Crippen molar-refractivity contribution in [2.45, 2.75) is 39.5 Å². The molecule has 0 radical (unpaired) electrons. The number of hydrogen-bond acceptors (Lipinski definition) is 3. The average molecular weight is 278 g/mol. The van der Waals surface area contributed by atoms with Crippen LogP contribution in [0.15, 0.2) is 30.3 Å². The van der Waals surface area contributed by atoms with Crippen molar-refractivity contribution in [1.29, 1.82) is 0 Å². The van der Waals surface area contributed by atoms with Gasteiger partial charge in [0.25, 0.3) is 0 Å². The normalized spacial score (nSPS) is 13.5. The molecule has 0 aliphatic rings. The fourth-order valence-electron chi connectivity index (χ4n) is 2.04. The van der Waals surface area contributed by atoms with E-state index in [0.29, 0.717) is 19.3 Å². The topological polar surface area (TPSA) is 63.6 Å². The number of ether oxygens (including phenoxy) is 1. The van der Waals surface area contributed by atoms with E-state index < -0.39 is 17.4 Å². The Kier molecular flexibility index (Phi) is 6.22. The lowest BCUT2D eigenvalue weighted by molar-refractivity contribution is -0.168. The second-order valence-electron chi connectivity index (χ2n) is 5.11. The molecular weight excluding hydrogens is 256 g/mol. The Morgan fingerprint density at radius 1 is 1.25 bits per heavy atom. The molecule has 1 atom stereocenters. The molecule has 0 amide bonds. The summed E-state index contributed by atoms with van der Waals surface area (Å²) in [6, 6.07) is 9.90. The van der Waals surface area contributed by atoms with E-state index >= 15 is 0 Å². The van der Waals surface area contributed by atoms with Gasteiger partial charge in [0.15, 0.2) is 5.41 Å². The molecule has 0 saturated carbocycles. The molecule has 1 N–H and O–H groups in total. The fraction of sp³-hybridized carbons (Fsp3) is 0.500. The van der Waals surface area contributed by atoms with E-state index in [4.69, 9.17) is 9.84 Å². The molecule has 0 aliphatic carbocycles. The zero-order valence-electron chi connectivity index (χ0n) is 12.1. The zero-order chi connectivity index (χ0) is 15.0. The molecule has 0 aliphatic heterocycles. The van der Waals surface area contributed by atoms with Gasteiger partial charge in [-0.25, -0.2) is 0 Å². The first-order valence-corrected chi connectivity index (χ1v) is 6.95. The zero-order valence-corrected chi connectivity index (χ0v) is 12.1. The number of hydrogen-bond donors (Lipinski definition) is 1. The molecule has 1 rings (SSSR count). The molecule has 0 saturated heterocycles. The van der Waals surface area contributed by atoms with E-state index in [-0.39, 0.29) is 6.61 Å². The summed E-state index contributed by atoms with van der Waals surface area (Å²) in [6.45, 7) is 3.53. The van der Waals surface area contributed by atoms with Gasteiger partial charge in [-0.1, -0.05) is 43.7 Å². The van der Waals surface area contributed by atoms with Crippen LogP contribution >= 0.6 is 0 Å². The highest BCUT2D eigenvalue weighted by atomic mass is 16.5. The van der Waals surface area contributed by atoms with Crippen LogP contribution in [0.25, 0.3) is 0 Å². The van der Waals surface area contributed by atoms with Gasteiger partial charge >= 0.3 is 11.9 Å². The molecule has 0 aromatic heterocycles. The van der Waals surface area contributed by atoms with Crippen LogP contribution < -0.4 is 0 Å². The van der Waals surface area contributed by atoms with Crippen molar-refractivity contribution in [2.24, 2.45) is 5.41 Å². The fourth-order valence-corrected chi connectivity index (χ4v) is 2.04. The maximum atomic E-state index is 11.9. The summed E-state index contributed by atoms with van der Waals surface area (Å²) in [4.78, 5) is 23.1. The van der Waals surface area contributed by atoms with Gasteiger partial charge in [-0.2, -0.15) is 0 Å². The molecule has 1 unspecified atom stereocenters. The van der Waals surface area contributed by atoms with Crippen molar-refractivity contribution in [3.8, 4) is 0 Å². The van der Waals surface area contributed by atoms with Gasteiger partial charge in [-0.3, -0.25) is 9.59 Å². The average Bonchev–Trinajstić information content (AvgIpc) is 2.44. The summed E-state index contributed by atoms with van der Waals surface area (Å²) in [5.74, 6) is -1.76. The number of carbonyl (C=O) groups excluding carboxylic acids is 1. The Hall–Kier alpha value is -1.84. The highest BCUT2D eigenvalue weighted by Gasteiger charge is 2.41. The van der Waals surface area contributed by atoms with Crippen molar-refractivity contribution in [3.63, 3.8) is 0 Å². The highest BCUT2D eigenvalue weighted by molar-refractivity contribution is 5.98. The van der Waals surface area contributed by atoms with Crippen LogP contribution in [0.2, 0.25) is 0 Å². The number of benzene rings is 1. The lowest BCUT2D eigenvalue weighted by Gasteiger charge is -2.22. The predicted molar refractivity (Wildman–Crippen MR) is 76.4 cm³/mol. The minimum Gasteiger partial charge on any atom is -0.480 e. The van der Waals surface area contributed by atoms with Gasteiger partial charge in [0.05, 0.1) is 6.61 Å². The molecule has 4 heteroatoms. The highest BCUT2D eigenvalue weighted by Crippen LogP contribution is 2.25. The van der Waals surface area contributed by atoms with E-state index in [1.54, 1.807) is 0 Å². The van der Waals surface area contributed by atoms with Crippen LogP contribution in [0.3, 0.4) is 0 Å². The molecule has 4 nitrogen and oxygen atoms in total. The molecular formula is C16H22O4. The van der Waals surface area contributed by atoms with Crippen LogP contribution in [0.1, 0.15) is 38.7 Å². The summed E-state index contributed by atoms with van der Waals surface area (Å²) < 4.78 is 5.12. The maximum absolute atomic E-state index is 11.9. The van der Waals surface area contributed by atoms with Gasteiger partial charge in [0.2, 0.25) is 0 Å². The molecule has 1 aromatic rings. The van der Waals surface area contributed by atoms with E-state index in [0.717, 1.165) is 6.42 Å². The second kappa shape index (κ2) is 7.68. The number of rotatable bonds is 8. The molecule has 0 fully saturated rings.